The van der Waals surface area contributed by atoms with Gasteiger partial charge in [0, 0.05) is 15.9 Å². The smallest absolute Gasteiger partial charge is 0.283 e. The molecular weight excluding hydrogens is 412 g/mol. The van der Waals surface area contributed by atoms with Gasteiger partial charge in [0.1, 0.15) is 6.54 Å². The van der Waals surface area contributed by atoms with Gasteiger partial charge in [-0.05, 0) is 29.8 Å². The van der Waals surface area contributed by atoms with Crippen LogP contribution in [0.2, 0.25) is 0 Å². The molecule has 3 rings (SSSR count). The van der Waals surface area contributed by atoms with E-state index in [0.29, 0.717) is 10.9 Å². The third kappa shape index (κ3) is 4.89. The van der Waals surface area contributed by atoms with Crippen LogP contribution in [-0.4, -0.2) is 28.4 Å². The Kier molecular flexibility index (Phi) is 5.77. The van der Waals surface area contributed by atoms with E-state index in [4.69, 9.17) is 0 Å². The Bertz CT molecular complexity index is 1040. The largest absolute Gasteiger partial charge is 0.493 e. The van der Waals surface area contributed by atoms with Gasteiger partial charge >= 0.3 is 0 Å². The molecule has 2 aromatic carbocycles. The predicted molar refractivity (Wildman–Crippen MR) is 106 cm³/mol. The molecule has 1 heterocycles. The molecule has 0 unspecified atom stereocenters. The van der Waals surface area contributed by atoms with Gasteiger partial charge in [0.25, 0.3) is 5.91 Å². The van der Waals surface area contributed by atoms with E-state index in [1.165, 1.54) is 6.08 Å². The Hall–Kier alpha value is -3.26. The molecule has 0 bridgehead atoms. The number of aromatic hydroxyl groups is 1. The molecule has 1 aromatic heterocycles. The van der Waals surface area contributed by atoms with Gasteiger partial charge in [0.15, 0.2) is 5.69 Å². The summed E-state index contributed by atoms with van der Waals surface area (Å²) in [6.45, 7) is -0.297. The molecule has 8 heteroatoms. The first kappa shape index (κ1) is 18.5. The summed E-state index contributed by atoms with van der Waals surface area (Å²) in [6, 6.07) is 14.6. The third-order valence-corrected chi connectivity index (χ3v) is 4.11. The highest BCUT2D eigenvalue weighted by molar-refractivity contribution is 9.10. The number of azo groups is 1. The molecule has 0 aliphatic rings. The number of H-pyrrole nitrogens is 1. The Morgan fingerprint density at radius 3 is 2.74 bits per heavy atom. The van der Waals surface area contributed by atoms with Gasteiger partial charge in [-0.2, -0.15) is 0 Å². The topological polar surface area (TPSA) is 107 Å². The highest BCUT2D eigenvalue weighted by Gasteiger charge is 2.11. The van der Waals surface area contributed by atoms with Crippen LogP contribution in [-0.2, 0) is 9.59 Å². The molecule has 7 nitrogen and oxygen atoms in total. The number of nitrogens with one attached hydrogen (secondary N) is 2. The number of fused-ring (bicyclic) bond motifs is 1. The number of hydrogen-bond donors (Lipinski definition) is 3. The Balaban J connectivity index is 1.59. The van der Waals surface area contributed by atoms with Crippen molar-refractivity contribution in [2.45, 2.75) is 0 Å². The van der Waals surface area contributed by atoms with Crippen LogP contribution in [0.25, 0.3) is 17.0 Å². The molecule has 0 aliphatic heterocycles. The van der Waals surface area contributed by atoms with Crippen molar-refractivity contribution in [3.63, 3.8) is 0 Å². The van der Waals surface area contributed by atoms with Gasteiger partial charge in [-0.1, -0.05) is 46.3 Å². The zero-order valence-corrected chi connectivity index (χ0v) is 15.6. The van der Waals surface area contributed by atoms with Crippen LogP contribution in [0.1, 0.15) is 5.56 Å². The summed E-state index contributed by atoms with van der Waals surface area (Å²) in [5.74, 6) is -1.24. The van der Waals surface area contributed by atoms with Crippen molar-refractivity contribution in [3.8, 4) is 5.88 Å². The number of carbonyl (C=O) groups excluding carboxylic acids is 2. The number of halogens is 1. The minimum atomic E-state index is -0.639. The van der Waals surface area contributed by atoms with Gasteiger partial charge in [0.05, 0.1) is 5.52 Å². The van der Waals surface area contributed by atoms with E-state index in [0.717, 1.165) is 10.0 Å². The second-order valence-corrected chi connectivity index (χ2v) is 6.48. The van der Waals surface area contributed by atoms with Gasteiger partial charge < -0.3 is 15.4 Å². The molecule has 0 atom stereocenters. The second-order valence-electron chi connectivity index (χ2n) is 5.57. The highest BCUT2D eigenvalue weighted by atomic mass is 79.9. The summed E-state index contributed by atoms with van der Waals surface area (Å²) in [5.41, 5.74) is 1.70. The van der Waals surface area contributed by atoms with Gasteiger partial charge in [0.2, 0.25) is 11.8 Å². The van der Waals surface area contributed by atoms with Crippen LogP contribution in [0.4, 0.5) is 5.69 Å². The predicted octanol–water partition coefficient (Wildman–Crippen LogP) is 4.08. The SMILES string of the molecule is O=C(CNC(=O)C=Cc1ccccc1)N=Nc1c(O)[nH]c2ccc(Br)cc12. The van der Waals surface area contributed by atoms with Crippen molar-refractivity contribution in [2.75, 3.05) is 6.54 Å². The van der Waals surface area contributed by atoms with Gasteiger partial charge in [-0.25, -0.2) is 0 Å². The minimum absolute atomic E-state index is 0.162. The maximum atomic E-state index is 11.8. The van der Waals surface area contributed by atoms with E-state index in [9.17, 15) is 14.7 Å². The van der Waals surface area contributed by atoms with Crippen LogP contribution in [0.15, 0.2) is 69.3 Å². The second kappa shape index (κ2) is 8.41. The summed E-state index contributed by atoms with van der Waals surface area (Å²) < 4.78 is 0.800. The van der Waals surface area contributed by atoms with Crippen molar-refractivity contribution < 1.29 is 14.7 Å². The van der Waals surface area contributed by atoms with Gasteiger partial charge in [-0.15, -0.1) is 10.2 Å². The van der Waals surface area contributed by atoms with E-state index in [1.54, 1.807) is 18.2 Å². The van der Waals surface area contributed by atoms with Crippen molar-refractivity contribution in [2.24, 2.45) is 10.2 Å². The minimum Gasteiger partial charge on any atom is -0.493 e. The Morgan fingerprint density at radius 1 is 1.19 bits per heavy atom. The third-order valence-electron chi connectivity index (χ3n) is 3.62. The molecule has 0 aliphatic carbocycles. The number of rotatable bonds is 5. The standard InChI is InChI=1S/C19H15BrN4O3/c20-13-7-8-15-14(10-13)18(19(27)22-15)24-23-17(26)11-21-16(25)9-6-12-4-2-1-3-5-12/h1-10,22,27H,11H2,(H,21,25). The molecule has 0 saturated heterocycles. The lowest BCUT2D eigenvalue weighted by Gasteiger charge is -1.97. The summed E-state index contributed by atoms with van der Waals surface area (Å²) in [4.78, 5) is 26.3. The molecule has 3 aromatic rings. The average Bonchev–Trinajstić information content (AvgIpc) is 2.98. The molecule has 136 valence electrons. The lowest BCUT2D eigenvalue weighted by Crippen LogP contribution is -2.26. The zero-order chi connectivity index (χ0) is 19.2. The van der Waals surface area contributed by atoms with Crippen LogP contribution < -0.4 is 5.32 Å². The zero-order valence-electron chi connectivity index (χ0n) is 14.0. The fourth-order valence-corrected chi connectivity index (χ4v) is 2.70. The summed E-state index contributed by atoms with van der Waals surface area (Å²) >= 11 is 3.34. The normalized spacial score (nSPS) is 11.4. The first-order valence-electron chi connectivity index (χ1n) is 7.98. The lowest BCUT2D eigenvalue weighted by atomic mass is 10.2. The number of hydrogen-bond acceptors (Lipinski definition) is 4. The maximum Gasteiger partial charge on any atom is 0.283 e. The fourth-order valence-electron chi connectivity index (χ4n) is 2.34. The van der Waals surface area contributed by atoms with Crippen molar-refractivity contribution in [1.29, 1.82) is 0 Å². The Labute approximate surface area is 162 Å². The number of benzene rings is 2. The van der Waals surface area contributed by atoms with Gasteiger partial charge in [-0.3, -0.25) is 9.59 Å². The average molecular weight is 427 g/mol. The lowest BCUT2D eigenvalue weighted by molar-refractivity contribution is -0.122. The van der Waals surface area contributed by atoms with E-state index in [2.05, 4.69) is 36.5 Å². The van der Waals surface area contributed by atoms with Crippen LogP contribution in [0, 0.1) is 0 Å². The molecule has 2 amide bonds. The van der Waals surface area contributed by atoms with E-state index < -0.39 is 11.8 Å². The van der Waals surface area contributed by atoms with E-state index in [-0.39, 0.29) is 18.1 Å². The highest BCUT2D eigenvalue weighted by Crippen LogP contribution is 2.36. The quantitative estimate of drug-likeness (QED) is 0.422. The fraction of sp³-hybridized carbons (Fsp3) is 0.0526. The number of aromatic amines is 1. The molecule has 27 heavy (non-hydrogen) atoms. The van der Waals surface area contributed by atoms with Crippen molar-refractivity contribution >= 4 is 50.4 Å². The van der Waals surface area contributed by atoms with Crippen molar-refractivity contribution in [1.82, 2.24) is 10.3 Å². The number of aromatic nitrogens is 1. The monoisotopic (exact) mass is 426 g/mol. The molecule has 0 spiro atoms. The first-order chi connectivity index (χ1) is 13.0. The van der Waals surface area contributed by atoms with Crippen LogP contribution in [0.5, 0.6) is 5.88 Å². The van der Waals surface area contributed by atoms with Crippen molar-refractivity contribution in [3.05, 3.63) is 64.6 Å². The van der Waals surface area contributed by atoms with Crippen LogP contribution >= 0.6 is 15.9 Å². The molecule has 0 radical (unpaired) electrons. The van der Waals surface area contributed by atoms with Crippen LogP contribution in [0.3, 0.4) is 0 Å². The first-order valence-corrected chi connectivity index (χ1v) is 8.78. The molecule has 0 fully saturated rings. The summed E-state index contributed by atoms with van der Waals surface area (Å²) in [7, 11) is 0. The molecular formula is C19H15BrN4O3. The molecule has 3 N–H and O–H groups in total. The molecule has 0 saturated carbocycles. The maximum absolute atomic E-state index is 11.8. The van der Waals surface area contributed by atoms with E-state index >= 15 is 0 Å². The number of nitrogens with zero attached hydrogens (tertiary/aromatic N) is 2. The Morgan fingerprint density at radius 2 is 1.96 bits per heavy atom. The number of carbonyl (C=O) groups is 2. The summed E-state index contributed by atoms with van der Waals surface area (Å²) in [6.07, 6.45) is 2.98. The van der Waals surface area contributed by atoms with E-state index in [1.807, 2.05) is 36.4 Å². The number of amides is 2. The summed E-state index contributed by atoms with van der Waals surface area (Å²) in [5, 5.41) is 20.3.